The quantitative estimate of drug-likeness (QED) is 0.0591. The van der Waals surface area contributed by atoms with Gasteiger partial charge in [-0.2, -0.15) is 0 Å². The minimum atomic E-state index is -0.879. The number of carbonyl (C=O) groups excluding carboxylic acids is 3. The highest BCUT2D eigenvalue weighted by Gasteiger charge is 2.26. The second-order valence-corrected chi connectivity index (χ2v) is 22.6. The van der Waals surface area contributed by atoms with E-state index < -0.39 is 47.0 Å². The van der Waals surface area contributed by atoms with E-state index in [1.54, 1.807) is 172 Å². The van der Waals surface area contributed by atoms with Gasteiger partial charge in [0, 0.05) is 45.3 Å². The van der Waals surface area contributed by atoms with Gasteiger partial charge >= 0.3 is 0 Å². The van der Waals surface area contributed by atoms with E-state index in [1.165, 1.54) is 26.0 Å². The summed E-state index contributed by atoms with van der Waals surface area (Å²) in [5.74, 6) is -1.87. The van der Waals surface area contributed by atoms with E-state index in [0.717, 1.165) is 0 Å². The molecule has 6 aromatic heterocycles. The molecule has 90 heavy (non-hydrogen) atoms. The molecule has 9 N–H and O–H groups in total. The molecule has 0 fully saturated rings. The van der Waals surface area contributed by atoms with Crippen molar-refractivity contribution in [2.75, 3.05) is 17.2 Å². The largest absolute Gasteiger partial charge is 0.384 e. The first-order chi connectivity index (χ1) is 43.3. The van der Waals surface area contributed by atoms with Crippen LogP contribution in [0.2, 0.25) is 15.1 Å². The van der Waals surface area contributed by atoms with Crippen LogP contribution in [0.15, 0.2) is 203 Å². The van der Waals surface area contributed by atoms with E-state index in [4.69, 9.17) is 52.0 Å². The number of anilines is 3. The predicted octanol–water partition coefficient (Wildman–Crippen LogP) is 11.7. The van der Waals surface area contributed by atoms with Crippen LogP contribution in [0.5, 0.6) is 0 Å². The van der Waals surface area contributed by atoms with Crippen LogP contribution in [0.4, 0.5) is 17.5 Å². The first kappa shape index (κ1) is 59.3. The zero-order valence-corrected chi connectivity index (χ0v) is 50.3. The molecular formula is C68H52Cl3N13O6. The van der Waals surface area contributed by atoms with Crippen molar-refractivity contribution in [3.63, 3.8) is 0 Å². The molecule has 0 bridgehead atoms. The molecule has 0 spiro atoms. The highest BCUT2D eigenvalue weighted by atomic mass is 35.5. The summed E-state index contributed by atoms with van der Waals surface area (Å²) in [6, 6.07) is 49.2. The highest BCUT2D eigenvalue weighted by Crippen LogP contribution is 2.32. The molecule has 0 saturated carbocycles. The van der Waals surface area contributed by atoms with Crippen molar-refractivity contribution in [3.8, 4) is 39.6 Å². The van der Waals surface area contributed by atoms with Crippen molar-refractivity contribution < 1.29 is 14.4 Å². The molecule has 0 aliphatic carbocycles. The van der Waals surface area contributed by atoms with Crippen LogP contribution < -0.4 is 49.8 Å². The van der Waals surface area contributed by atoms with Gasteiger partial charge < -0.3 is 33.2 Å². The Morgan fingerprint density at radius 2 is 0.867 bits per heavy atom. The molecule has 0 radical (unpaired) electrons. The summed E-state index contributed by atoms with van der Waals surface area (Å²) >= 11 is 19.9. The molecule has 12 rings (SSSR count). The van der Waals surface area contributed by atoms with Gasteiger partial charge in [0.05, 0.1) is 72.5 Å². The molecule has 6 heterocycles. The lowest BCUT2D eigenvalue weighted by Crippen LogP contribution is -2.33. The lowest BCUT2D eigenvalue weighted by atomic mass is 10.0. The van der Waals surface area contributed by atoms with Gasteiger partial charge in [-0.1, -0.05) is 120 Å². The Labute approximate surface area is 527 Å². The zero-order chi connectivity index (χ0) is 63.2. The Balaban J connectivity index is 0.814. The number of aromatic nitrogens is 7. The SMILES string of the molecule is CC(NC(=O)c1cccc(N)n1)c1cc2cccc(Cl)c2c(=O)n1-c1cccc(-c2cnc(C(=O)NC(C)c3cc4cccc(Cl)c4c(=O)n3-c3cccc(-c4ccc(C(=O)NC(C)c5cc6cccc(Cl)c6c(=O)n5-c5ccccc5)c(N)n4)c3)c(N)n2)c1. The van der Waals surface area contributed by atoms with E-state index in [1.807, 2.05) is 24.3 Å². The summed E-state index contributed by atoms with van der Waals surface area (Å²) in [5.41, 5.74) is 22.0. The molecular weight excluding hydrogens is 1200 g/mol. The molecule has 6 aromatic carbocycles. The normalized spacial score (nSPS) is 12.4. The molecule has 3 atom stereocenters. The minimum Gasteiger partial charge on any atom is -0.384 e. The van der Waals surface area contributed by atoms with Crippen LogP contribution in [-0.4, -0.2) is 51.4 Å². The predicted molar refractivity (Wildman–Crippen MR) is 353 cm³/mol. The second-order valence-electron chi connectivity index (χ2n) is 21.3. The molecule has 3 amide bonds. The minimum absolute atomic E-state index is 0.0793. The Morgan fingerprint density at radius 3 is 1.36 bits per heavy atom. The fourth-order valence-electron chi connectivity index (χ4n) is 11.1. The monoisotopic (exact) mass is 1250 g/mol. The lowest BCUT2D eigenvalue weighted by molar-refractivity contribution is 0.0926. The second kappa shape index (κ2) is 24.3. The van der Waals surface area contributed by atoms with Crippen molar-refractivity contribution >= 4 is 102 Å². The van der Waals surface area contributed by atoms with E-state index in [0.29, 0.717) is 77.5 Å². The van der Waals surface area contributed by atoms with Gasteiger partial charge in [0.2, 0.25) is 0 Å². The number of benzene rings is 6. The smallest absolute Gasteiger partial charge is 0.274 e. The third-order valence-electron chi connectivity index (χ3n) is 15.4. The molecule has 0 aliphatic rings. The maximum atomic E-state index is 14.8. The maximum Gasteiger partial charge on any atom is 0.274 e. The molecule has 0 saturated heterocycles. The summed E-state index contributed by atoms with van der Waals surface area (Å²) < 4.78 is 4.43. The van der Waals surface area contributed by atoms with Crippen LogP contribution in [-0.2, 0) is 0 Å². The maximum absolute atomic E-state index is 14.8. The average molecular weight is 1250 g/mol. The fourth-order valence-corrected chi connectivity index (χ4v) is 11.9. The summed E-state index contributed by atoms with van der Waals surface area (Å²) in [4.78, 5) is 103. The number of fused-ring (bicyclic) bond motifs is 3. The first-order valence-electron chi connectivity index (χ1n) is 28.2. The van der Waals surface area contributed by atoms with Crippen molar-refractivity contribution in [1.29, 1.82) is 0 Å². The number of nitrogens with one attached hydrogen (secondary N) is 3. The third kappa shape index (κ3) is 11.2. The van der Waals surface area contributed by atoms with Gasteiger partial charge in [-0.25, -0.2) is 19.9 Å². The van der Waals surface area contributed by atoms with Crippen molar-refractivity contribution in [2.45, 2.75) is 38.9 Å². The van der Waals surface area contributed by atoms with Crippen LogP contribution in [0.1, 0.15) is 87.3 Å². The summed E-state index contributed by atoms with van der Waals surface area (Å²) in [6.07, 6.45) is 1.38. The number of nitrogen functional groups attached to an aromatic ring is 3. The van der Waals surface area contributed by atoms with E-state index in [9.17, 15) is 28.8 Å². The number of hydrogen-bond donors (Lipinski definition) is 6. The standard InChI is InChI=1S/C68H52Cl3N13O6/c1-35(53-31-40-15-9-22-47(69)57(40)66(88)82(53)43-18-5-4-6-19-43)76-63(85)46-27-28-50(80-61(46)73)38-13-7-20-44(29-38)83-55(33-42-17-11-24-49(71)59(42)67(83)89)37(3)78-65(87)60-62(74)81-52(34-75-60)39-14-8-21-45(30-39)84-54(32-41-16-10-23-48(70)58(41)68(84)90)36(2)77-64(86)51-25-12-26-56(72)79-51/h4-37H,1-3H3,(H2,72,79)(H2,73,80)(H2,74,81)(H,76,85)(H,77,86)(H,78,87). The first-order valence-corrected chi connectivity index (χ1v) is 29.3. The lowest BCUT2D eigenvalue weighted by Gasteiger charge is -2.22. The van der Waals surface area contributed by atoms with Gasteiger partial charge in [-0.15, -0.1) is 0 Å². The Morgan fingerprint density at radius 1 is 0.433 bits per heavy atom. The van der Waals surface area contributed by atoms with Crippen LogP contribution in [0.25, 0.3) is 71.9 Å². The molecule has 19 nitrogen and oxygen atoms in total. The van der Waals surface area contributed by atoms with Gasteiger partial charge in [-0.3, -0.25) is 42.5 Å². The van der Waals surface area contributed by atoms with Gasteiger partial charge in [0.25, 0.3) is 34.4 Å². The molecule has 446 valence electrons. The number of halogens is 3. The van der Waals surface area contributed by atoms with Crippen molar-refractivity contribution in [2.24, 2.45) is 0 Å². The molecule has 12 aromatic rings. The zero-order valence-electron chi connectivity index (χ0n) is 48.1. The van der Waals surface area contributed by atoms with Gasteiger partial charge in [0.15, 0.2) is 11.5 Å². The Hall–Kier alpha value is -11.0. The number of nitrogens with two attached hydrogens (primary N) is 3. The number of rotatable bonds is 14. The van der Waals surface area contributed by atoms with Crippen LogP contribution in [0, 0.1) is 0 Å². The van der Waals surface area contributed by atoms with Crippen molar-refractivity contribution in [1.82, 2.24) is 49.6 Å². The summed E-state index contributed by atoms with van der Waals surface area (Å²) in [7, 11) is 0. The number of carbonyl (C=O) groups is 3. The van der Waals surface area contributed by atoms with Crippen molar-refractivity contribution in [3.05, 3.63) is 268 Å². The summed E-state index contributed by atoms with van der Waals surface area (Å²) in [5, 5.41) is 12.2. The Bertz CT molecular complexity index is 5130. The summed E-state index contributed by atoms with van der Waals surface area (Å²) in [6.45, 7) is 5.20. The topological polar surface area (TPSA) is 283 Å². The van der Waals surface area contributed by atoms with Crippen LogP contribution in [0.3, 0.4) is 0 Å². The van der Waals surface area contributed by atoms with E-state index in [-0.39, 0.29) is 66.5 Å². The van der Waals surface area contributed by atoms with E-state index >= 15 is 0 Å². The molecule has 0 aliphatic heterocycles. The Kier molecular flexibility index (Phi) is 16.0. The highest BCUT2D eigenvalue weighted by molar-refractivity contribution is 6.36. The van der Waals surface area contributed by atoms with Gasteiger partial charge in [-0.05, 0) is 134 Å². The third-order valence-corrected chi connectivity index (χ3v) is 16.4. The number of hydrogen-bond acceptors (Lipinski definition) is 13. The van der Waals surface area contributed by atoms with Gasteiger partial charge in [0.1, 0.15) is 17.3 Å². The average Bonchev–Trinajstić information content (AvgIpc) is 2.84. The van der Waals surface area contributed by atoms with Crippen LogP contribution >= 0.6 is 34.8 Å². The number of pyridine rings is 5. The number of nitrogens with zero attached hydrogens (tertiary/aromatic N) is 7. The number of amides is 3. The van der Waals surface area contributed by atoms with E-state index in [2.05, 4.69) is 35.9 Å². The number of para-hydroxylation sites is 1. The fraction of sp³-hybridized carbons (Fsp3) is 0.0882. The molecule has 22 heteroatoms. The molecule has 3 unspecified atom stereocenters.